The van der Waals surface area contributed by atoms with E-state index < -0.39 is 5.60 Å². The Morgan fingerprint density at radius 1 is 1.03 bits per heavy atom. The third kappa shape index (κ3) is 6.86. The number of anilines is 2. The standard InChI is InChI=1S/C30H42N2O3/c1-20-15-27(32(7)18-21-11-12-21)28(33)25-14-13-23(17-26(20)25)31-22-9-8-10-24(16-22)35-30(5,6)19-34-29(2,3)4/h8-10,13-14,16-17,20-21,27,31H,11-12,15,18-19H2,1-7H3. The first kappa shape index (κ1) is 25.7. The van der Waals surface area contributed by atoms with E-state index in [-0.39, 0.29) is 17.4 Å². The van der Waals surface area contributed by atoms with E-state index in [1.54, 1.807) is 0 Å². The molecule has 2 atom stereocenters. The van der Waals surface area contributed by atoms with Crippen molar-refractivity contribution in [3.8, 4) is 5.75 Å². The van der Waals surface area contributed by atoms with Crippen molar-refractivity contribution in [2.75, 3.05) is 25.5 Å². The van der Waals surface area contributed by atoms with Crippen molar-refractivity contribution in [2.45, 2.75) is 84.0 Å². The van der Waals surface area contributed by atoms with Crippen LogP contribution in [0.4, 0.5) is 11.4 Å². The lowest BCUT2D eigenvalue weighted by molar-refractivity contribution is -0.0722. The third-order valence-corrected chi connectivity index (χ3v) is 6.87. The van der Waals surface area contributed by atoms with Gasteiger partial charge in [-0.15, -0.1) is 0 Å². The van der Waals surface area contributed by atoms with Gasteiger partial charge in [-0.2, -0.15) is 0 Å². The summed E-state index contributed by atoms with van der Waals surface area (Å²) < 4.78 is 12.2. The van der Waals surface area contributed by atoms with Crippen molar-refractivity contribution in [1.29, 1.82) is 0 Å². The zero-order valence-corrected chi connectivity index (χ0v) is 22.5. The summed E-state index contributed by atoms with van der Waals surface area (Å²) in [5.41, 5.74) is 3.30. The summed E-state index contributed by atoms with van der Waals surface area (Å²) in [5.74, 6) is 2.19. The number of hydrogen-bond donors (Lipinski definition) is 1. The first-order chi connectivity index (χ1) is 16.4. The van der Waals surface area contributed by atoms with Crippen LogP contribution in [-0.2, 0) is 4.74 Å². The number of ether oxygens (including phenoxy) is 2. The molecule has 5 heteroatoms. The molecule has 1 saturated carbocycles. The summed E-state index contributed by atoms with van der Waals surface area (Å²) in [6, 6.07) is 14.2. The quantitative estimate of drug-likeness (QED) is 0.429. The van der Waals surface area contributed by atoms with Crippen LogP contribution in [0, 0.1) is 5.92 Å². The molecule has 0 saturated heterocycles. The molecule has 0 spiro atoms. The van der Waals surface area contributed by atoms with E-state index in [1.165, 1.54) is 12.8 Å². The fourth-order valence-corrected chi connectivity index (χ4v) is 4.78. The van der Waals surface area contributed by atoms with Gasteiger partial charge in [-0.05, 0) is 109 Å². The second kappa shape index (κ2) is 9.94. The number of rotatable bonds is 9. The van der Waals surface area contributed by atoms with Crippen molar-refractivity contribution < 1.29 is 14.3 Å². The van der Waals surface area contributed by atoms with Gasteiger partial charge in [-0.1, -0.05) is 13.0 Å². The van der Waals surface area contributed by atoms with Gasteiger partial charge in [-0.3, -0.25) is 9.69 Å². The number of nitrogens with zero attached hydrogens (tertiary/aromatic N) is 1. The topological polar surface area (TPSA) is 50.8 Å². The molecule has 2 unspecified atom stereocenters. The fourth-order valence-electron chi connectivity index (χ4n) is 4.78. The second-order valence-electron chi connectivity index (χ2n) is 12.1. The molecular formula is C30H42N2O3. The molecule has 0 aliphatic heterocycles. The van der Waals surface area contributed by atoms with Gasteiger partial charge in [0.1, 0.15) is 11.4 Å². The van der Waals surface area contributed by atoms with Crippen LogP contribution in [0.1, 0.15) is 82.6 Å². The van der Waals surface area contributed by atoms with Crippen LogP contribution in [0.15, 0.2) is 42.5 Å². The number of likely N-dealkylation sites (N-methyl/N-ethyl adjacent to an activating group) is 1. The van der Waals surface area contributed by atoms with Crippen LogP contribution in [0.2, 0.25) is 0 Å². The Labute approximate surface area is 211 Å². The zero-order chi connectivity index (χ0) is 25.4. The summed E-state index contributed by atoms with van der Waals surface area (Å²) in [7, 11) is 2.11. The van der Waals surface area contributed by atoms with Gasteiger partial charge in [-0.25, -0.2) is 0 Å². The molecule has 2 aliphatic rings. The molecule has 0 heterocycles. The lowest BCUT2D eigenvalue weighted by Crippen LogP contribution is -2.43. The number of ketones is 1. The van der Waals surface area contributed by atoms with Crippen molar-refractivity contribution in [3.63, 3.8) is 0 Å². The summed E-state index contributed by atoms with van der Waals surface area (Å²) >= 11 is 0. The fraction of sp³-hybridized carbons (Fsp3) is 0.567. The zero-order valence-electron chi connectivity index (χ0n) is 22.5. The number of carbonyl (C=O) groups is 1. The molecule has 2 aliphatic carbocycles. The van der Waals surface area contributed by atoms with Crippen molar-refractivity contribution in [2.24, 2.45) is 5.92 Å². The number of fused-ring (bicyclic) bond motifs is 1. The number of hydrogen-bond acceptors (Lipinski definition) is 5. The molecule has 0 amide bonds. The molecule has 1 fully saturated rings. The predicted octanol–water partition coefficient (Wildman–Crippen LogP) is 6.80. The van der Waals surface area contributed by atoms with Crippen LogP contribution in [-0.4, -0.2) is 48.1 Å². The van der Waals surface area contributed by atoms with E-state index in [1.807, 2.05) is 71.0 Å². The molecule has 0 bridgehead atoms. The van der Waals surface area contributed by atoms with Crippen LogP contribution >= 0.6 is 0 Å². The van der Waals surface area contributed by atoms with E-state index in [2.05, 4.69) is 30.3 Å². The largest absolute Gasteiger partial charge is 0.485 e. The molecule has 4 rings (SSSR count). The Kier molecular flexibility index (Phi) is 7.31. The van der Waals surface area contributed by atoms with Crippen molar-refractivity contribution in [3.05, 3.63) is 53.6 Å². The van der Waals surface area contributed by atoms with Gasteiger partial charge in [0.05, 0.1) is 18.2 Å². The van der Waals surface area contributed by atoms with Gasteiger partial charge in [0, 0.05) is 29.5 Å². The SMILES string of the molecule is CC1CC(N(C)CC2CC2)C(=O)c2ccc(Nc3cccc(OC(C)(C)COC(C)(C)C)c3)cc21. The Balaban J connectivity index is 1.44. The molecule has 0 radical (unpaired) electrons. The highest BCUT2D eigenvalue weighted by molar-refractivity contribution is 6.03. The first-order valence-corrected chi connectivity index (χ1v) is 13.0. The highest BCUT2D eigenvalue weighted by Gasteiger charge is 2.36. The summed E-state index contributed by atoms with van der Waals surface area (Å²) in [5, 5.41) is 3.51. The predicted molar refractivity (Wildman–Crippen MR) is 143 cm³/mol. The minimum atomic E-state index is -0.448. The van der Waals surface area contributed by atoms with Gasteiger partial charge in [0.2, 0.25) is 0 Å². The first-order valence-electron chi connectivity index (χ1n) is 13.0. The highest BCUT2D eigenvalue weighted by Crippen LogP contribution is 2.37. The maximum atomic E-state index is 13.3. The molecule has 2 aromatic carbocycles. The van der Waals surface area contributed by atoms with E-state index in [4.69, 9.17) is 9.47 Å². The van der Waals surface area contributed by atoms with Crippen LogP contribution in [0.5, 0.6) is 5.75 Å². The Morgan fingerprint density at radius 3 is 2.43 bits per heavy atom. The molecule has 2 aromatic rings. The Bertz CT molecular complexity index is 1050. The van der Waals surface area contributed by atoms with Gasteiger partial charge in [0.25, 0.3) is 0 Å². The Morgan fingerprint density at radius 2 is 1.74 bits per heavy atom. The molecular weight excluding hydrogens is 436 g/mol. The number of carbonyl (C=O) groups excluding carboxylic acids is 1. The maximum Gasteiger partial charge on any atom is 0.180 e. The summed E-state index contributed by atoms with van der Waals surface area (Å²) in [6.07, 6.45) is 3.50. The monoisotopic (exact) mass is 478 g/mol. The summed E-state index contributed by atoms with van der Waals surface area (Å²) in [6.45, 7) is 14.0. The molecule has 5 nitrogen and oxygen atoms in total. The summed E-state index contributed by atoms with van der Waals surface area (Å²) in [4.78, 5) is 15.6. The maximum absolute atomic E-state index is 13.3. The van der Waals surface area contributed by atoms with Crippen LogP contribution in [0.3, 0.4) is 0 Å². The lowest BCUT2D eigenvalue weighted by Gasteiger charge is -2.34. The normalized spacial score (nSPS) is 20.6. The van der Waals surface area contributed by atoms with Gasteiger partial charge >= 0.3 is 0 Å². The minimum absolute atomic E-state index is 0.00337. The number of benzene rings is 2. The second-order valence-corrected chi connectivity index (χ2v) is 12.1. The smallest absolute Gasteiger partial charge is 0.180 e. The number of Topliss-reactive ketones (excluding diaryl/α,β-unsaturated/α-hetero) is 1. The number of nitrogens with one attached hydrogen (secondary N) is 1. The van der Waals surface area contributed by atoms with E-state index in [0.29, 0.717) is 12.5 Å². The van der Waals surface area contributed by atoms with E-state index in [9.17, 15) is 4.79 Å². The van der Waals surface area contributed by atoms with E-state index >= 15 is 0 Å². The van der Waals surface area contributed by atoms with Gasteiger partial charge < -0.3 is 14.8 Å². The Hall–Kier alpha value is -2.37. The van der Waals surface area contributed by atoms with Crippen LogP contribution in [0.25, 0.3) is 0 Å². The molecule has 190 valence electrons. The van der Waals surface area contributed by atoms with Crippen molar-refractivity contribution in [1.82, 2.24) is 4.90 Å². The van der Waals surface area contributed by atoms with Crippen LogP contribution < -0.4 is 10.1 Å². The van der Waals surface area contributed by atoms with Gasteiger partial charge in [0.15, 0.2) is 5.78 Å². The molecule has 35 heavy (non-hydrogen) atoms. The molecule has 0 aromatic heterocycles. The van der Waals surface area contributed by atoms with E-state index in [0.717, 1.165) is 47.1 Å². The van der Waals surface area contributed by atoms with Crippen molar-refractivity contribution >= 4 is 17.2 Å². The molecule has 1 N–H and O–H groups in total. The minimum Gasteiger partial charge on any atom is -0.485 e. The average molecular weight is 479 g/mol. The third-order valence-electron chi connectivity index (χ3n) is 6.87. The lowest BCUT2D eigenvalue weighted by atomic mass is 9.79. The highest BCUT2D eigenvalue weighted by atomic mass is 16.6. The average Bonchev–Trinajstić information content (AvgIpc) is 3.58.